The summed E-state index contributed by atoms with van der Waals surface area (Å²) in [5.74, 6) is 0.674. The van der Waals surface area contributed by atoms with Gasteiger partial charge in [0.15, 0.2) is 5.82 Å². The summed E-state index contributed by atoms with van der Waals surface area (Å²) in [4.78, 5) is 32.4. The quantitative estimate of drug-likeness (QED) is 0.280. The van der Waals surface area contributed by atoms with Gasteiger partial charge in [0.25, 0.3) is 5.91 Å². The lowest BCUT2D eigenvalue weighted by Gasteiger charge is -2.21. The van der Waals surface area contributed by atoms with Gasteiger partial charge in [0, 0.05) is 56.9 Å². The van der Waals surface area contributed by atoms with E-state index < -0.39 is 11.7 Å². The molecule has 1 aliphatic carbocycles. The molecular weight excluding hydrogens is 528 g/mol. The minimum Gasteiger partial charge on any atom is -0.338 e. The summed E-state index contributed by atoms with van der Waals surface area (Å²) in [5, 5.41) is 13.7. The number of hydrogen-bond donors (Lipinski definition) is 1. The molecular formula is C32H34N8O2. The summed E-state index contributed by atoms with van der Waals surface area (Å²) in [6.07, 6.45) is 8.85. The first-order valence-electron chi connectivity index (χ1n) is 14.7. The maximum Gasteiger partial charge on any atom is 0.289 e. The molecule has 0 bridgehead atoms. The molecule has 42 heavy (non-hydrogen) atoms. The van der Waals surface area contributed by atoms with E-state index in [0.717, 1.165) is 58.9 Å². The second-order valence-electron chi connectivity index (χ2n) is 11.4. The van der Waals surface area contributed by atoms with E-state index in [1.807, 2.05) is 16.9 Å². The number of rotatable bonds is 8. The van der Waals surface area contributed by atoms with Crippen molar-refractivity contribution in [2.24, 2.45) is 0 Å². The van der Waals surface area contributed by atoms with E-state index in [-0.39, 0.29) is 0 Å². The van der Waals surface area contributed by atoms with Crippen molar-refractivity contribution in [3.05, 3.63) is 83.9 Å². The van der Waals surface area contributed by atoms with Crippen LogP contribution in [-0.2, 0) is 22.7 Å². The van der Waals surface area contributed by atoms with Crippen LogP contribution < -0.4 is 5.32 Å². The second-order valence-corrected chi connectivity index (χ2v) is 11.4. The van der Waals surface area contributed by atoms with Crippen molar-refractivity contribution in [1.29, 1.82) is 0 Å². The molecule has 0 atom stereocenters. The third kappa shape index (κ3) is 5.37. The summed E-state index contributed by atoms with van der Waals surface area (Å²) < 4.78 is 3.91. The standard InChI is InChI=1S/C32H34N8O2/c1-22(41)32(42)38-12-3-11-37(14-15-38)20-26-10-13-39-30(26)31(33-21-35-39)36-28-8-9-29-27(17-28)18-34-40(29)19-23-4-2-5-25(16-23)24-6-7-24/h2,4-5,8-10,13,16-18,21,24H,3,6-7,11-12,14-15,19-20H2,1H3,(H,33,35,36). The van der Waals surface area contributed by atoms with Crippen LogP contribution >= 0.6 is 0 Å². The van der Waals surface area contributed by atoms with E-state index in [9.17, 15) is 9.59 Å². The average Bonchev–Trinajstić information content (AvgIpc) is 3.72. The van der Waals surface area contributed by atoms with Crippen LogP contribution in [0.25, 0.3) is 16.4 Å². The zero-order valence-corrected chi connectivity index (χ0v) is 23.7. The van der Waals surface area contributed by atoms with Crippen LogP contribution in [0.2, 0.25) is 0 Å². The van der Waals surface area contributed by atoms with Crippen LogP contribution in [0.1, 0.15) is 48.8 Å². The van der Waals surface area contributed by atoms with E-state index in [4.69, 9.17) is 5.10 Å². The van der Waals surface area contributed by atoms with Gasteiger partial charge < -0.3 is 10.2 Å². The lowest BCUT2D eigenvalue weighted by molar-refractivity contribution is -0.143. The largest absolute Gasteiger partial charge is 0.338 e. The van der Waals surface area contributed by atoms with Crippen molar-refractivity contribution in [2.45, 2.75) is 45.2 Å². The molecule has 0 spiro atoms. The first kappa shape index (κ1) is 26.3. The number of fused-ring (bicyclic) bond motifs is 2. The highest BCUT2D eigenvalue weighted by atomic mass is 16.2. The topological polar surface area (TPSA) is 101 Å². The molecule has 214 valence electrons. The van der Waals surface area contributed by atoms with Gasteiger partial charge in [0.2, 0.25) is 5.78 Å². The molecule has 1 N–H and O–H groups in total. The number of hydrogen-bond acceptors (Lipinski definition) is 7. The van der Waals surface area contributed by atoms with Crippen LogP contribution in [0, 0.1) is 0 Å². The Morgan fingerprint density at radius 2 is 1.88 bits per heavy atom. The van der Waals surface area contributed by atoms with Gasteiger partial charge in [-0.2, -0.15) is 10.2 Å². The van der Waals surface area contributed by atoms with Crippen molar-refractivity contribution < 1.29 is 9.59 Å². The highest BCUT2D eigenvalue weighted by molar-refractivity contribution is 6.35. The number of aromatic nitrogens is 5. The van der Waals surface area contributed by atoms with Crippen LogP contribution in [0.5, 0.6) is 0 Å². The Morgan fingerprint density at radius 1 is 0.976 bits per heavy atom. The number of amides is 1. The van der Waals surface area contributed by atoms with Gasteiger partial charge >= 0.3 is 0 Å². The molecule has 2 fully saturated rings. The Bertz CT molecular complexity index is 1790. The highest BCUT2D eigenvalue weighted by Crippen LogP contribution is 2.40. The van der Waals surface area contributed by atoms with Crippen LogP contribution in [-0.4, -0.2) is 72.0 Å². The van der Waals surface area contributed by atoms with E-state index in [2.05, 4.69) is 73.5 Å². The Morgan fingerprint density at radius 3 is 2.74 bits per heavy atom. The summed E-state index contributed by atoms with van der Waals surface area (Å²) in [6, 6.07) is 17.3. The third-order valence-corrected chi connectivity index (χ3v) is 8.34. The van der Waals surface area contributed by atoms with Crippen molar-refractivity contribution >= 4 is 39.6 Å². The number of carbonyl (C=O) groups is 2. The molecule has 1 aliphatic heterocycles. The molecule has 1 amide bonds. The van der Waals surface area contributed by atoms with Crippen molar-refractivity contribution in [1.82, 2.24) is 34.2 Å². The molecule has 2 aromatic carbocycles. The molecule has 4 heterocycles. The highest BCUT2D eigenvalue weighted by Gasteiger charge is 2.24. The fourth-order valence-corrected chi connectivity index (χ4v) is 6.00. The fourth-order valence-electron chi connectivity index (χ4n) is 6.00. The number of nitrogens with zero attached hydrogens (tertiary/aromatic N) is 7. The van der Waals surface area contributed by atoms with Gasteiger partial charge in [-0.05, 0) is 66.1 Å². The maximum absolute atomic E-state index is 12.2. The molecule has 10 nitrogen and oxygen atoms in total. The van der Waals surface area contributed by atoms with Gasteiger partial charge in [0.1, 0.15) is 11.8 Å². The third-order valence-electron chi connectivity index (χ3n) is 8.34. The molecule has 10 heteroatoms. The number of Topliss-reactive ketones (excluding diaryl/α,β-unsaturated/α-hetero) is 1. The van der Waals surface area contributed by atoms with Gasteiger partial charge in [-0.25, -0.2) is 9.50 Å². The smallest absolute Gasteiger partial charge is 0.289 e. The van der Waals surface area contributed by atoms with Crippen LogP contribution in [0.15, 0.2) is 67.3 Å². The Hall–Kier alpha value is -4.57. The van der Waals surface area contributed by atoms with Crippen molar-refractivity contribution in [2.75, 3.05) is 31.5 Å². The first-order chi connectivity index (χ1) is 20.5. The van der Waals surface area contributed by atoms with Gasteiger partial charge in [-0.1, -0.05) is 24.3 Å². The van der Waals surface area contributed by atoms with Crippen molar-refractivity contribution in [3.8, 4) is 0 Å². The van der Waals surface area contributed by atoms with Crippen molar-refractivity contribution in [3.63, 3.8) is 0 Å². The summed E-state index contributed by atoms with van der Waals surface area (Å²) in [5.41, 5.74) is 6.76. The van der Waals surface area contributed by atoms with Crippen LogP contribution in [0.3, 0.4) is 0 Å². The van der Waals surface area contributed by atoms with Crippen LogP contribution in [0.4, 0.5) is 11.5 Å². The molecule has 1 saturated carbocycles. The molecule has 0 radical (unpaired) electrons. The van der Waals surface area contributed by atoms with E-state index in [0.29, 0.717) is 26.2 Å². The predicted molar refractivity (Wildman–Crippen MR) is 161 cm³/mol. The second kappa shape index (κ2) is 11.0. The van der Waals surface area contributed by atoms with Gasteiger partial charge in [-0.3, -0.25) is 19.2 Å². The van der Waals surface area contributed by atoms with E-state index in [1.54, 1.807) is 11.2 Å². The molecule has 3 aromatic heterocycles. The SMILES string of the molecule is CC(=O)C(=O)N1CCCN(Cc2ccn3ncnc(Nc4ccc5c(cnn5Cc5cccc(C6CC6)c5)c4)c23)CC1. The van der Waals surface area contributed by atoms with E-state index in [1.165, 1.54) is 30.9 Å². The molecule has 0 unspecified atom stereocenters. The normalized spacial score (nSPS) is 16.2. The first-order valence-corrected chi connectivity index (χ1v) is 14.7. The Balaban J connectivity index is 1.08. The van der Waals surface area contributed by atoms with E-state index >= 15 is 0 Å². The summed E-state index contributed by atoms with van der Waals surface area (Å²) >= 11 is 0. The monoisotopic (exact) mass is 562 g/mol. The summed E-state index contributed by atoms with van der Waals surface area (Å²) in [6.45, 7) is 5.49. The predicted octanol–water partition coefficient (Wildman–Crippen LogP) is 4.37. The zero-order valence-electron chi connectivity index (χ0n) is 23.7. The minimum absolute atomic E-state index is 0.392. The minimum atomic E-state index is -0.404. The lowest BCUT2D eigenvalue weighted by atomic mass is 10.1. The van der Waals surface area contributed by atoms with Gasteiger partial charge in [0.05, 0.1) is 18.3 Å². The molecule has 7 rings (SSSR count). The number of ketones is 1. The zero-order chi connectivity index (χ0) is 28.6. The average molecular weight is 563 g/mol. The Labute approximate surface area is 243 Å². The fraction of sp³-hybridized carbons (Fsp3) is 0.344. The number of carbonyl (C=O) groups excluding carboxylic acids is 2. The number of anilines is 2. The number of benzene rings is 2. The molecule has 1 saturated heterocycles. The molecule has 5 aromatic rings. The van der Waals surface area contributed by atoms with Gasteiger partial charge in [-0.15, -0.1) is 0 Å². The summed E-state index contributed by atoms with van der Waals surface area (Å²) in [7, 11) is 0. The lowest BCUT2D eigenvalue weighted by Crippen LogP contribution is -2.38. The maximum atomic E-state index is 12.2. The Kier molecular flexibility index (Phi) is 6.91. The number of nitrogens with one attached hydrogen (secondary N) is 1. The molecule has 2 aliphatic rings.